The van der Waals surface area contributed by atoms with Crippen molar-refractivity contribution in [1.29, 1.82) is 0 Å². The van der Waals surface area contributed by atoms with Crippen LogP contribution in [0.5, 0.6) is 5.75 Å². The van der Waals surface area contributed by atoms with Crippen molar-refractivity contribution >= 4 is 15.9 Å². The summed E-state index contributed by atoms with van der Waals surface area (Å²) in [6.07, 6.45) is 3.81. The number of sulfonamides is 1. The zero-order valence-corrected chi connectivity index (χ0v) is 21.9. The van der Waals surface area contributed by atoms with E-state index in [1.54, 1.807) is 37.9 Å². The van der Waals surface area contributed by atoms with E-state index >= 15 is 0 Å². The highest BCUT2D eigenvalue weighted by atomic mass is 32.2. The van der Waals surface area contributed by atoms with Gasteiger partial charge in [0, 0.05) is 37.0 Å². The van der Waals surface area contributed by atoms with E-state index in [1.165, 1.54) is 16.8 Å². The third kappa shape index (κ3) is 6.56. The second kappa shape index (κ2) is 11.7. The van der Waals surface area contributed by atoms with E-state index in [4.69, 9.17) is 4.74 Å². The number of likely N-dealkylation sites (N-methyl/N-ethyl adjacent to an activating group) is 1. The molecule has 1 fully saturated rings. The molecule has 9 heteroatoms. The van der Waals surface area contributed by atoms with Crippen LogP contribution >= 0.6 is 0 Å². The standard InChI is InChI=1S/C26H38N2O6S/c1-18-15-28(19(2)17-29)35(32,33)25-13-12-21(11-10-20(3)30)14-23(25)34-24(18)16-27(4)26(31)22-8-6-5-7-9-22/h12-14,18-20,22,24,29-30H,5-9,15-17H2,1-4H3/t18-,19-,20+,24+/m0/s1. The third-order valence-electron chi connectivity index (χ3n) is 6.88. The summed E-state index contributed by atoms with van der Waals surface area (Å²) in [6.45, 7) is 5.28. The first kappa shape index (κ1) is 27.5. The lowest BCUT2D eigenvalue weighted by atomic mass is 9.88. The number of carbonyl (C=O) groups is 1. The van der Waals surface area contributed by atoms with Crippen molar-refractivity contribution in [3.8, 4) is 17.6 Å². The Morgan fingerprint density at radius 1 is 1.26 bits per heavy atom. The predicted octanol–water partition coefficient (Wildman–Crippen LogP) is 2.23. The first-order chi connectivity index (χ1) is 16.5. The van der Waals surface area contributed by atoms with E-state index in [-0.39, 0.29) is 41.5 Å². The molecule has 2 N–H and O–H groups in total. The summed E-state index contributed by atoms with van der Waals surface area (Å²) in [5.74, 6) is 5.54. The van der Waals surface area contributed by atoms with Gasteiger partial charge in [0.2, 0.25) is 15.9 Å². The van der Waals surface area contributed by atoms with Gasteiger partial charge in [0.25, 0.3) is 0 Å². The quantitative estimate of drug-likeness (QED) is 0.593. The average molecular weight is 507 g/mol. The van der Waals surface area contributed by atoms with Gasteiger partial charge in [0.15, 0.2) is 0 Å². The molecule has 0 spiro atoms. The molecule has 1 aliphatic carbocycles. The monoisotopic (exact) mass is 506 g/mol. The molecule has 194 valence electrons. The Kier molecular flexibility index (Phi) is 9.22. The lowest BCUT2D eigenvalue weighted by Crippen LogP contribution is -2.50. The van der Waals surface area contributed by atoms with E-state index in [9.17, 15) is 23.4 Å². The molecule has 1 heterocycles. The number of aliphatic hydroxyl groups is 2. The van der Waals surface area contributed by atoms with Gasteiger partial charge >= 0.3 is 0 Å². The van der Waals surface area contributed by atoms with Crippen LogP contribution in [0.1, 0.15) is 58.4 Å². The Hall–Kier alpha value is -2.12. The Labute approximate surface area is 209 Å². The van der Waals surface area contributed by atoms with Crippen molar-refractivity contribution in [3.05, 3.63) is 23.8 Å². The van der Waals surface area contributed by atoms with Crippen molar-refractivity contribution in [2.45, 2.75) is 76.0 Å². The first-order valence-corrected chi connectivity index (χ1v) is 13.9. The van der Waals surface area contributed by atoms with Gasteiger partial charge in [-0.15, -0.1) is 0 Å². The van der Waals surface area contributed by atoms with Crippen LogP contribution in [0.2, 0.25) is 0 Å². The molecule has 3 rings (SSSR count). The van der Waals surface area contributed by atoms with Crippen LogP contribution in [-0.2, 0) is 14.8 Å². The molecular weight excluding hydrogens is 468 g/mol. The average Bonchev–Trinajstić information content (AvgIpc) is 2.84. The molecule has 1 aliphatic heterocycles. The van der Waals surface area contributed by atoms with Crippen LogP contribution in [0, 0.1) is 23.7 Å². The fraction of sp³-hybridized carbons (Fsp3) is 0.654. The maximum absolute atomic E-state index is 13.5. The molecular formula is C26H38N2O6S. The number of hydrogen-bond acceptors (Lipinski definition) is 6. The van der Waals surface area contributed by atoms with Crippen LogP contribution < -0.4 is 4.74 Å². The molecule has 0 radical (unpaired) electrons. The van der Waals surface area contributed by atoms with E-state index in [2.05, 4.69) is 11.8 Å². The summed E-state index contributed by atoms with van der Waals surface area (Å²) in [7, 11) is -2.17. The van der Waals surface area contributed by atoms with Gasteiger partial charge in [-0.2, -0.15) is 4.31 Å². The van der Waals surface area contributed by atoms with Crippen molar-refractivity contribution in [2.75, 3.05) is 26.7 Å². The number of ether oxygens (including phenoxy) is 1. The van der Waals surface area contributed by atoms with Gasteiger partial charge in [-0.25, -0.2) is 8.42 Å². The van der Waals surface area contributed by atoms with E-state index in [0.717, 1.165) is 25.7 Å². The Morgan fingerprint density at radius 3 is 2.57 bits per heavy atom. The van der Waals surface area contributed by atoms with Gasteiger partial charge in [-0.05, 0) is 44.9 Å². The lowest BCUT2D eigenvalue weighted by Gasteiger charge is -2.38. The highest BCUT2D eigenvalue weighted by Gasteiger charge is 2.38. The van der Waals surface area contributed by atoms with Crippen LogP contribution in [0.25, 0.3) is 0 Å². The summed E-state index contributed by atoms with van der Waals surface area (Å²) >= 11 is 0. The number of rotatable bonds is 5. The van der Waals surface area contributed by atoms with Crippen LogP contribution in [0.3, 0.4) is 0 Å². The molecule has 1 saturated carbocycles. The minimum atomic E-state index is -3.95. The van der Waals surface area contributed by atoms with Gasteiger partial charge in [-0.1, -0.05) is 38.0 Å². The zero-order valence-electron chi connectivity index (χ0n) is 21.1. The number of aliphatic hydroxyl groups excluding tert-OH is 2. The van der Waals surface area contributed by atoms with E-state index in [1.807, 2.05) is 6.92 Å². The molecule has 0 aromatic heterocycles. The number of amides is 1. The number of benzene rings is 1. The summed E-state index contributed by atoms with van der Waals surface area (Å²) in [5, 5.41) is 19.3. The van der Waals surface area contributed by atoms with Crippen molar-refractivity contribution in [1.82, 2.24) is 9.21 Å². The number of hydrogen-bond donors (Lipinski definition) is 2. The minimum absolute atomic E-state index is 0.00134. The molecule has 1 amide bonds. The molecule has 4 atom stereocenters. The number of fused-ring (bicyclic) bond motifs is 1. The van der Waals surface area contributed by atoms with E-state index in [0.29, 0.717) is 12.1 Å². The largest absolute Gasteiger partial charge is 0.487 e. The summed E-state index contributed by atoms with van der Waals surface area (Å²) in [4.78, 5) is 14.8. The topological polar surface area (TPSA) is 107 Å². The SMILES string of the molecule is C[C@@H](O)C#Cc1ccc2c(c1)O[C@H](CN(C)C(=O)C1CCCCC1)[C@@H](C)CN([C@@H](C)CO)S2(=O)=O. The number of nitrogens with zero attached hydrogens (tertiary/aromatic N) is 2. The second-order valence-electron chi connectivity index (χ2n) is 9.90. The van der Waals surface area contributed by atoms with Gasteiger partial charge in [0.05, 0.1) is 13.2 Å². The van der Waals surface area contributed by atoms with Gasteiger partial charge < -0.3 is 19.8 Å². The molecule has 8 nitrogen and oxygen atoms in total. The van der Waals surface area contributed by atoms with Crippen LogP contribution in [0.4, 0.5) is 0 Å². The molecule has 2 aliphatic rings. The maximum atomic E-state index is 13.5. The molecule has 1 aromatic carbocycles. The highest BCUT2D eigenvalue weighted by molar-refractivity contribution is 7.89. The van der Waals surface area contributed by atoms with Crippen LogP contribution in [0.15, 0.2) is 23.1 Å². The summed E-state index contributed by atoms with van der Waals surface area (Å²) in [6, 6.07) is 3.98. The Morgan fingerprint density at radius 2 is 1.94 bits per heavy atom. The van der Waals surface area contributed by atoms with Crippen molar-refractivity contribution in [2.24, 2.45) is 11.8 Å². The maximum Gasteiger partial charge on any atom is 0.247 e. The zero-order chi connectivity index (χ0) is 25.8. The third-order valence-corrected chi connectivity index (χ3v) is 8.90. The van der Waals surface area contributed by atoms with Crippen molar-refractivity contribution < 1.29 is 28.2 Å². The molecule has 35 heavy (non-hydrogen) atoms. The van der Waals surface area contributed by atoms with Crippen LogP contribution in [-0.4, -0.2) is 78.7 Å². The molecule has 0 unspecified atom stereocenters. The fourth-order valence-corrected chi connectivity index (χ4v) is 6.56. The fourth-order valence-electron chi connectivity index (χ4n) is 4.73. The Balaban J connectivity index is 1.97. The van der Waals surface area contributed by atoms with E-state index < -0.39 is 28.3 Å². The van der Waals surface area contributed by atoms with Gasteiger partial charge in [-0.3, -0.25) is 4.79 Å². The number of carbonyl (C=O) groups excluding carboxylic acids is 1. The second-order valence-corrected chi connectivity index (χ2v) is 11.8. The first-order valence-electron chi connectivity index (χ1n) is 12.4. The normalized spacial score (nSPS) is 24.5. The molecule has 1 aromatic rings. The smallest absolute Gasteiger partial charge is 0.247 e. The highest BCUT2D eigenvalue weighted by Crippen LogP contribution is 2.34. The minimum Gasteiger partial charge on any atom is -0.487 e. The molecule has 0 bridgehead atoms. The summed E-state index contributed by atoms with van der Waals surface area (Å²) in [5.41, 5.74) is 0.514. The Bertz CT molecular complexity index is 1060. The predicted molar refractivity (Wildman–Crippen MR) is 133 cm³/mol. The van der Waals surface area contributed by atoms with Gasteiger partial charge in [0.1, 0.15) is 22.9 Å². The lowest BCUT2D eigenvalue weighted by molar-refractivity contribution is -0.136. The summed E-state index contributed by atoms with van der Waals surface area (Å²) < 4.78 is 34.7. The van der Waals surface area contributed by atoms with Crippen molar-refractivity contribution in [3.63, 3.8) is 0 Å². The molecule has 0 saturated heterocycles.